The van der Waals surface area contributed by atoms with Crippen LogP contribution in [0.25, 0.3) is 16.9 Å². The molecule has 0 saturated carbocycles. The maximum absolute atomic E-state index is 14.4. The van der Waals surface area contributed by atoms with Crippen molar-refractivity contribution in [1.82, 2.24) is 9.36 Å². The summed E-state index contributed by atoms with van der Waals surface area (Å²) >= 11 is 5.87. The van der Waals surface area contributed by atoms with Gasteiger partial charge in [-0.3, -0.25) is 9.48 Å². The predicted molar refractivity (Wildman–Crippen MR) is 87.9 cm³/mol. The van der Waals surface area contributed by atoms with Gasteiger partial charge in [0, 0.05) is 30.3 Å². The van der Waals surface area contributed by atoms with Gasteiger partial charge >= 0.3 is 0 Å². The summed E-state index contributed by atoms with van der Waals surface area (Å²) in [5.74, 6) is -1.58. The fourth-order valence-corrected chi connectivity index (χ4v) is 2.64. The third-order valence-electron chi connectivity index (χ3n) is 3.69. The smallest absolute Gasteiger partial charge is 0.267 e. The van der Waals surface area contributed by atoms with Gasteiger partial charge in [-0.15, -0.1) is 0 Å². The van der Waals surface area contributed by atoms with Gasteiger partial charge in [0.15, 0.2) is 0 Å². The lowest BCUT2D eigenvalue weighted by atomic mass is 10.1. The van der Waals surface area contributed by atoms with Gasteiger partial charge in [-0.05, 0) is 24.3 Å². The van der Waals surface area contributed by atoms with Gasteiger partial charge in [-0.1, -0.05) is 11.6 Å². The molecule has 3 rings (SSSR count). The first-order valence-electron chi connectivity index (χ1n) is 7.00. The molecule has 7 heteroatoms. The number of methoxy groups -OCH3 is 1. The molecule has 2 aromatic carbocycles. The second-order valence-corrected chi connectivity index (χ2v) is 5.58. The first-order valence-corrected chi connectivity index (χ1v) is 7.38. The predicted octanol–water partition coefficient (Wildman–Crippen LogP) is 3.78. The summed E-state index contributed by atoms with van der Waals surface area (Å²) in [6.45, 7) is 0. The Hall–Kier alpha value is -2.60. The van der Waals surface area contributed by atoms with Gasteiger partial charge in [0.2, 0.25) is 0 Å². The number of aromatic nitrogens is 2. The van der Waals surface area contributed by atoms with E-state index in [4.69, 9.17) is 16.3 Å². The lowest BCUT2D eigenvalue weighted by Crippen LogP contribution is -2.18. The highest BCUT2D eigenvalue weighted by molar-refractivity contribution is 6.30. The highest BCUT2D eigenvalue weighted by Crippen LogP contribution is 2.31. The molecule has 24 heavy (non-hydrogen) atoms. The SMILES string of the molecule is COc1cc(F)c(-c2cc(=O)n(C)n2-c2ccc(Cl)cc2)c(F)c1. The van der Waals surface area contributed by atoms with Gasteiger partial charge in [-0.2, -0.15) is 0 Å². The van der Waals surface area contributed by atoms with Crippen LogP contribution in [0.2, 0.25) is 5.02 Å². The minimum atomic E-state index is -0.819. The first-order chi connectivity index (χ1) is 11.4. The zero-order valence-electron chi connectivity index (χ0n) is 12.9. The Balaban J connectivity index is 2.29. The van der Waals surface area contributed by atoms with Crippen LogP contribution in [0.3, 0.4) is 0 Å². The highest BCUT2D eigenvalue weighted by Gasteiger charge is 2.20. The summed E-state index contributed by atoms with van der Waals surface area (Å²) < 4.78 is 36.4. The van der Waals surface area contributed by atoms with E-state index in [0.717, 1.165) is 12.1 Å². The number of ether oxygens (including phenoxy) is 1. The lowest BCUT2D eigenvalue weighted by Gasteiger charge is -2.14. The Morgan fingerprint density at radius 2 is 1.62 bits per heavy atom. The fraction of sp³-hybridized carbons (Fsp3) is 0.118. The zero-order chi connectivity index (χ0) is 17.4. The minimum absolute atomic E-state index is 0.0603. The summed E-state index contributed by atoms with van der Waals surface area (Å²) in [7, 11) is 2.83. The van der Waals surface area contributed by atoms with Crippen LogP contribution in [0.15, 0.2) is 47.3 Å². The molecular weight excluding hydrogens is 338 g/mol. The van der Waals surface area contributed by atoms with Gasteiger partial charge < -0.3 is 4.74 Å². The molecule has 0 amide bonds. The van der Waals surface area contributed by atoms with Crippen molar-refractivity contribution < 1.29 is 13.5 Å². The zero-order valence-corrected chi connectivity index (χ0v) is 13.6. The number of halogens is 3. The molecule has 0 spiro atoms. The minimum Gasteiger partial charge on any atom is -0.497 e. The monoisotopic (exact) mass is 350 g/mol. The molecule has 0 aliphatic heterocycles. The van der Waals surface area contributed by atoms with Crippen LogP contribution in [-0.2, 0) is 7.05 Å². The summed E-state index contributed by atoms with van der Waals surface area (Å²) in [6.07, 6.45) is 0. The largest absolute Gasteiger partial charge is 0.497 e. The molecule has 0 N–H and O–H groups in total. The molecule has 0 aliphatic carbocycles. The van der Waals surface area contributed by atoms with Crippen LogP contribution in [0.4, 0.5) is 8.78 Å². The van der Waals surface area contributed by atoms with E-state index in [9.17, 15) is 13.6 Å². The van der Waals surface area contributed by atoms with Crippen molar-refractivity contribution in [3.63, 3.8) is 0 Å². The average Bonchev–Trinajstić information content (AvgIpc) is 2.83. The van der Waals surface area contributed by atoms with E-state index < -0.39 is 17.2 Å². The maximum atomic E-state index is 14.4. The van der Waals surface area contributed by atoms with Crippen molar-refractivity contribution >= 4 is 11.6 Å². The Kier molecular flexibility index (Phi) is 4.15. The molecule has 0 unspecified atom stereocenters. The van der Waals surface area contributed by atoms with E-state index in [2.05, 4.69) is 0 Å². The van der Waals surface area contributed by atoms with Crippen molar-refractivity contribution in [2.45, 2.75) is 0 Å². The highest BCUT2D eigenvalue weighted by atomic mass is 35.5. The molecule has 4 nitrogen and oxygen atoms in total. The number of hydrogen-bond acceptors (Lipinski definition) is 2. The van der Waals surface area contributed by atoms with Crippen molar-refractivity contribution in [1.29, 1.82) is 0 Å². The van der Waals surface area contributed by atoms with Crippen LogP contribution in [0, 0.1) is 11.6 Å². The van der Waals surface area contributed by atoms with Crippen LogP contribution in [-0.4, -0.2) is 16.5 Å². The number of rotatable bonds is 3. The van der Waals surface area contributed by atoms with Crippen molar-refractivity contribution in [2.24, 2.45) is 7.05 Å². The molecule has 0 fully saturated rings. The molecule has 0 saturated heterocycles. The molecule has 0 radical (unpaired) electrons. The van der Waals surface area contributed by atoms with Crippen LogP contribution in [0.5, 0.6) is 5.75 Å². The third-order valence-corrected chi connectivity index (χ3v) is 3.94. The van der Waals surface area contributed by atoms with E-state index in [1.165, 1.54) is 29.6 Å². The number of benzene rings is 2. The Morgan fingerprint density at radius 3 is 2.17 bits per heavy atom. The van der Waals surface area contributed by atoms with Gasteiger partial charge in [0.1, 0.15) is 17.4 Å². The molecule has 1 heterocycles. The van der Waals surface area contributed by atoms with E-state index in [-0.39, 0.29) is 17.0 Å². The molecule has 124 valence electrons. The van der Waals surface area contributed by atoms with Gasteiger partial charge in [0.25, 0.3) is 5.56 Å². The van der Waals surface area contributed by atoms with Crippen molar-refractivity contribution in [3.05, 3.63) is 69.5 Å². The second kappa shape index (κ2) is 6.13. The maximum Gasteiger partial charge on any atom is 0.267 e. The van der Waals surface area contributed by atoms with Crippen molar-refractivity contribution in [3.8, 4) is 22.7 Å². The number of nitrogens with zero attached hydrogens (tertiary/aromatic N) is 2. The topological polar surface area (TPSA) is 36.2 Å². The summed E-state index contributed by atoms with van der Waals surface area (Å²) in [6, 6.07) is 9.90. The Morgan fingerprint density at radius 1 is 1.04 bits per heavy atom. The lowest BCUT2D eigenvalue weighted by molar-refractivity contribution is 0.407. The molecule has 1 aromatic heterocycles. The van der Waals surface area contributed by atoms with E-state index in [1.807, 2.05) is 0 Å². The molecular formula is C17H13ClF2N2O2. The Bertz CT molecular complexity index is 939. The summed E-state index contributed by atoms with van der Waals surface area (Å²) in [5.41, 5.74) is -0.0471. The summed E-state index contributed by atoms with van der Waals surface area (Å²) in [4.78, 5) is 12.1. The fourth-order valence-electron chi connectivity index (χ4n) is 2.52. The quantitative estimate of drug-likeness (QED) is 0.720. The van der Waals surface area contributed by atoms with Crippen LogP contribution < -0.4 is 10.3 Å². The van der Waals surface area contributed by atoms with E-state index >= 15 is 0 Å². The second-order valence-electron chi connectivity index (χ2n) is 5.15. The standard InChI is InChI=1S/C17H13ClF2N2O2/c1-21-16(23)9-15(22(21)11-5-3-10(18)4-6-11)17-13(19)7-12(24-2)8-14(17)20/h3-9H,1-2H3. The molecule has 0 bridgehead atoms. The average molecular weight is 351 g/mol. The van der Waals surface area contributed by atoms with Gasteiger partial charge in [0.05, 0.1) is 24.1 Å². The molecule has 3 aromatic rings. The number of hydrogen-bond donors (Lipinski definition) is 0. The van der Waals surface area contributed by atoms with Crippen molar-refractivity contribution in [2.75, 3.05) is 7.11 Å². The molecule has 0 atom stereocenters. The summed E-state index contributed by atoms with van der Waals surface area (Å²) in [5, 5.41) is 0.513. The van der Waals surface area contributed by atoms with Crippen LogP contribution >= 0.6 is 11.6 Å². The molecule has 0 aliphatic rings. The first kappa shape index (κ1) is 16.3. The van der Waals surface area contributed by atoms with E-state index in [0.29, 0.717) is 10.7 Å². The van der Waals surface area contributed by atoms with E-state index in [1.54, 1.807) is 24.3 Å². The Labute approximate surface area is 141 Å². The normalized spacial score (nSPS) is 10.9. The van der Waals surface area contributed by atoms with Crippen LogP contribution in [0.1, 0.15) is 0 Å². The third kappa shape index (κ3) is 2.69. The van der Waals surface area contributed by atoms with Gasteiger partial charge in [-0.25, -0.2) is 13.5 Å².